The molecule has 0 radical (unpaired) electrons. The van der Waals surface area contributed by atoms with Gasteiger partial charge in [0.05, 0.1) is 11.1 Å². The van der Waals surface area contributed by atoms with Gasteiger partial charge in [0, 0.05) is 4.32 Å². The van der Waals surface area contributed by atoms with E-state index in [1.165, 1.54) is 18.6 Å². The van der Waals surface area contributed by atoms with Crippen LogP contribution in [0.3, 0.4) is 0 Å². The number of amides is 1. The summed E-state index contributed by atoms with van der Waals surface area (Å²) in [6.07, 6.45) is 5.99. The number of para-hydroxylation sites is 1. The second kappa shape index (κ2) is 6.08. The summed E-state index contributed by atoms with van der Waals surface area (Å²) in [5.74, 6) is -0.156. The maximum atomic E-state index is 13.6. The van der Waals surface area contributed by atoms with Crippen molar-refractivity contribution in [2.75, 3.05) is 11.9 Å². The van der Waals surface area contributed by atoms with Gasteiger partial charge in [-0.2, -0.15) is 0 Å². The number of benzene rings is 1. The Hall–Kier alpha value is -1.43. The Bertz CT molecular complexity index is 708. The molecule has 1 aromatic carbocycles. The summed E-state index contributed by atoms with van der Waals surface area (Å²) in [5.41, 5.74) is -0.357. The van der Waals surface area contributed by atoms with Crippen LogP contribution < -0.4 is 5.32 Å². The number of ether oxygens (including phenoxy) is 1. The van der Waals surface area contributed by atoms with Gasteiger partial charge in [-0.15, -0.1) is 0 Å². The summed E-state index contributed by atoms with van der Waals surface area (Å²) in [4.78, 5) is 24.8. The van der Waals surface area contributed by atoms with Crippen LogP contribution in [0, 0.1) is 23.1 Å². The average Bonchev–Trinajstić information content (AvgIpc) is 2.52. The molecule has 0 unspecified atom stereocenters. The third-order valence-electron chi connectivity index (χ3n) is 5.91. The topological polar surface area (TPSA) is 55.4 Å². The van der Waals surface area contributed by atoms with E-state index in [4.69, 9.17) is 4.74 Å². The molecule has 0 saturated heterocycles. The number of esters is 1. The Morgan fingerprint density at radius 2 is 1.88 bits per heavy atom. The average molecular weight is 410 g/mol. The fraction of sp³-hybridized carbons (Fsp3) is 0.579. The normalized spacial score (nSPS) is 35.4. The van der Waals surface area contributed by atoms with Crippen LogP contribution in [-0.4, -0.2) is 22.8 Å². The van der Waals surface area contributed by atoms with Crippen molar-refractivity contribution in [3.63, 3.8) is 0 Å². The SMILES string of the molecule is O=C(COC(=O)C12C[C@H]3C[C@@H](CC(Br)(C3)C1)C2)Nc1ccccc1F. The zero-order valence-electron chi connectivity index (χ0n) is 13.9. The van der Waals surface area contributed by atoms with Crippen LogP contribution in [0.5, 0.6) is 0 Å². The number of hydrogen-bond donors (Lipinski definition) is 1. The van der Waals surface area contributed by atoms with E-state index < -0.39 is 17.1 Å². The number of anilines is 1. The molecule has 4 fully saturated rings. The van der Waals surface area contributed by atoms with E-state index in [1.54, 1.807) is 12.1 Å². The summed E-state index contributed by atoms with van der Waals surface area (Å²) in [7, 11) is 0. The molecule has 4 bridgehead atoms. The van der Waals surface area contributed by atoms with Crippen molar-refractivity contribution in [3.05, 3.63) is 30.1 Å². The summed E-state index contributed by atoms with van der Waals surface area (Å²) in [6, 6.07) is 5.93. The fourth-order valence-electron chi connectivity index (χ4n) is 5.42. The van der Waals surface area contributed by atoms with Gasteiger partial charge in [0.25, 0.3) is 5.91 Å². The Balaban J connectivity index is 1.38. The van der Waals surface area contributed by atoms with Crippen LogP contribution >= 0.6 is 15.9 Å². The lowest BCUT2D eigenvalue weighted by Gasteiger charge is -2.58. The molecule has 25 heavy (non-hydrogen) atoms. The third-order valence-corrected chi connectivity index (χ3v) is 6.83. The maximum absolute atomic E-state index is 13.6. The van der Waals surface area contributed by atoms with Crippen molar-refractivity contribution in [3.8, 4) is 0 Å². The predicted molar refractivity (Wildman–Crippen MR) is 94.8 cm³/mol. The first kappa shape index (κ1) is 17.0. The molecule has 4 nitrogen and oxygen atoms in total. The van der Waals surface area contributed by atoms with Gasteiger partial charge in [0.1, 0.15) is 5.82 Å². The number of nitrogens with one attached hydrogen (secondary N) is 1. The molecule has 1 aromatic rings. The van der Waals surface area contributed by atoms with Crippen LogP contribution in [0.1, 0.15) is 38.5 Å². The van der Waals surface area contributed by atoms with E-state index in [1.807, 2.05) is 0 Å². The Morgan fingerprint density at radius 3 is 2.52 bits per heavy atom. The van der Waals surface area contributed by atoms with Crippen molar-refractivity contribution in [1.82, 2.24) is 0 Å². The lowest BCUT2D eigenvalue weighted by molar-refractivity contribution is -0.170. The quantitative estimate of drug-likeness (QED) is 0.602. The van der Waals surface area contributed by atoms with E-state index in [9.17, 15) is 14.0 Å². The zero-order valence-corrected chi connectivity index (χ0v) is 15.5. The summed E-state index contributed by atoms with van der Waals surface area (Å²) in [5, 5.41) is 2.45. The number of carbonyl (C=O) groups is 2. The second-order valence-corrected chi connectivity index (χ2v) is 9.68. The first-order chi connectivity index (χ1) is 11.9. The number of alkyl halides is 1. The minimum Gasteiger partial charge on any atom is -0.455 e. The molecule has 1 amide bonds. The highest BCUT2D eigenvalue weighted by Gasteiger charge is 2.60. The molecule has 134 valence electrons. The predicted octanol–water partition coefficient (Wildman–Crippen LogP) is 4.04. The van der Waals surface area contributed by atoms with E-state index >= 15 is 0 Å². The molecular formula is C19H21BrFNO3. The van der Waals surface area contributed by atoms with E-state index in [-0.39, 0.29) is 22.6 Å². The highest BCUT2D eigenvalue weighted by molar-refractivity contribution is 9.10. The van der Waals surface area contributed by atoms with Gasteiger partial charge in [0.2, 0.25) is 0 Å². The molecule has 4 aliphatic rings. The van der Waals surface area contributed by atoms with Gasteiger partial charge in [-0.1, -0.05) is 28.1 Å². The van der Waals surface area contributed by atoms with Crippen LogP contribution in [0.25, 0.3) is 0 Å². The largest absolute Gasteiger partial charge is 0.455 e. The van der Waals surface area contributed by atoms with Crippen molar-refractivity contribution in [1.29, 1.82) is 0 Å². The first-order valence-corrected chi connectivity index (χ1v) is 9.57. The standard InChI is InChI=1S/C19H21BrFNO3/c20-19-8-12-5-13(9-19)7-18(6-12,11-19)17(24)25-10-16(23)22-15-4-2-1-3-14(15)21/h1-4,12-13H,5-11H2,(H,22,23)/t12-,13-,18?,19?/m1/s1. The second-order valence-electron chi connectivity index (χ2n) is 8.00. The minimum atomic E-state index is -0.517. The van der Waals surface area contributed by atoms with E-state index in [0.717, 1.165) is 32.1 Å². The lowest BCUT2D eigenvalue weighted by Crippen LogP contribution is -2.56. The Labute approximate surface area is 154 Å². The fourth-order valence-corrected chi connectivity index (χ4v) is 6.88. The Morgan fingerprint density at radius 1 is 1.20 bits per heavy atom. The van der Waals surface area contributed by atoms with Gasteiger partial charge >= 0.3 is 5.97 Å². The summed E-state index contributed by atoms with van der Waals surface area (Å²) >= 11 is 3.86. The molecule has 0 heterocycles. The van der Waals surface area contributed by atoms with Crippen LogP contribution in [0.15, 0.2) is 24.3 Å². The molecule has 0 aromatic heterocycles. The molecule has 6 heteroatoms. The first-order valence-electron chi connectivity index (χ1n) is 8.78. The molecule has 5 rings (SSSR count). The number of halogens is 2. The minimum absolute atomic E-state index is 0.0610. The third kappa shape index (κ3) is 3.21. The summed E-state index contributed by atoms with van der Waals surface area (Å²) in [6.45, 7) is -0.375. The maximum Gasteiger partial charge on any atom is 0.312 e. The van der Waals surface area contributed by atoms with Crippen LogP contribution in [0.2, 0.25) is 0 Å². The molecule has 0 spiro atoms. The van der Waals surface area contributed by atoms with E-state index in [2.05, 4.69) is 21.2 Å². The molecule has 4 aliphatic carbocycles. The van der Waals surface area contributed by atoms with Gasteiger partial charge in [-0.25, -0.2) is 4.39 Å². The highest BCUT2D eigenvalue weighted by Crippen LogP contribution is 2.64. The van der Waals surface area contributed by atoms with Gasteiger partial charge in [0.15, 0.2) is 6.61 Å². The van der Waals surface area contributed by atoms with Gasteiger partial charge in [-0.3, -0.25) is 9.59 Å². The van der Waals surface area contributed by atoms with Crippen molar-refractivity contribution >= 4 is 33.5 Å². The molecule has 4 saturated carbocycles. The highest BCUT2D eigenvalue weighted by atomic mass is 79.9. The van der Waals surface area contributed by atoms with Crippen LogP contribution in [0.4, 0.5) is 10.1 Å². The van der Waals surface area contributed by atoms with Crippen molar-refractivity contribution in [2.45, 2.75) is 42.8 Å². The molecule has 2 atom stereocenters. The van der Waals surface area contributed by atoms with Crippen LogP contribution in [-0.2, 0) is 14.3 Å². The number of rotatable bonds is 4. The molecular weight excluding hydrogens is 389 g/mol. The zero-order chi connectivity index (χ0) is 17.7. The smallest absolute Gasteiger partial charge is 0.312 e. The van der Waals surface area contributed by atoms with Gasteiger partial charge < -0.3 is 10.1 Å². The van der Waals surface area contributed by atoms with Crippen molar-refractivity contribution < 1.29 is 18.7 Å². The number of hydrogen-bond acceptors (Lipinski definition) is 3. The van der Waals surface area contributed by atoms with Crippen molar-refractivity contribution in [2.24, 2.45) is 17.3 Å². The lowest BCUT2D eigenvalue weighted by atomic mass is 9.49. The monoisotopic (exact) mass is 409 g/mol. The molecule has 1 N–H and O–H groups in total. The Kier molecular flexibility index (Phi) is 4.13. The van der Waals surface area contributed by atoms with E-state index in [0.29, 0.717) is 11.8 Å². The molecule has 0 aliphatic heterocycles. The number of carbonyl (C=O) groups excluding carboxylic acids is 2. The summed E-state index contributed by atoms with van der Waals surface area (Å²) < 4.78 is 19.0. The van der Waals surface area contributed by atoms with Gasteiger partial charge in [-0.05, 0) is 62.5 Å².